The number of hydrogen-bond acceptors (Lipinski definition) is 4. The van der Waals surface area contributed by atoms with Gasteiger partial charge in [-0.3, -0.25) is 4.79 Å². The summed E-state index contributed by atoms with van der Waals surface area (Å²) >= 11 is 1.62. The van der Waals surface area contributed by atoms with Crippen molar-refractivity contribution in [3.8, 4) is 0 Å². The molecule has 1 aromatic carbocycles. The van der Waals surface area contributed by atoms with Gasteiger partial charge in [-0.2, -0.15) is 0 Å². The molecule has 0 aliphatic carbocycles. The number of carbonyl (C=O) groups excluding carboxylic acids is 1. The Bertz CT molecular complexity index is 587. The molecule has 4 nitrogen and oxygen atoms in total. The number of fused-ring (bicyclic) bond motifs is 1. The van der Waals surface area contributed by atoms with E-state index in [1.165, 1.54) is 0 Å². The molecule has 1 aromatic heterocycles. The molecule has 1 fully saturated rings. The second kappa shape index (κ2) is 4.66. The molecule has 1 aliphatic heterocycles. The summed E-state index contributed by atoms with van der Waals surface area (Å²) in [4.78, 5) is 16.5. The number of thiazole rings is 1. The van der Waals surface area contributed by atoms with E-state index in [1.54, 1.807) is 11.3 Å². The average Bonchev–Trinajstić information content (AvgIpc) is 2.95. The van der Waals surface area contributed by atoms with Gasteiger partial charge in [-0.15, -0.1) is 11.3 Å². The minimum atomic E-state index is 0.0108. The number of hydrogen-bond donors (Lipinski definition) is 2. The van der Waals surface area contributed by atoms with Crippen molar-refractivity contribution in [2.45, 2.75) is 19.4 Å². The summed E-state index contributed by atoms with van der Waals surface area (Å²) in [5, 5.41) is 7.32. The van der Waals surface area contributed by atoms with Gasteiger partial charge in [0.05, 0.1) is 15.2 Å². The highest BCUT2D eigenvalue weighted by atomic mass is 32.1. The van der Waals surface area contributed by atoms with Crippen LogP contribution in [0.3, 0.4) is 0 Å². The molecule has 2 aromatic rings. The van der Waals surface area contributed by atoms with Crippen molar-refractivity contribution in [2.75, 3.05) is 13.1 Å². The second-order valence-corrected chi connectivity index (χ2v) is 5.81. The van der Waals surface area contributed by atoms with Crippen LogP contribution in [0.15, 0.2) is 18.2 Å². The molecule has 1 saturated heterocycles. The quantitative estimate of drug-likeness (QED) is 0.865. The van der Waals surface area contributed by atoms with Crippen LogP contribution in [0, 0.1) is 6.92 Å². The van der Waals surface area contributed by atoms with Gasteiger partial charge in [-0.25, -0.2) is 4.98 Å². The van der Waals surface area contributed by atoms with E-state index in [2.05, 4.69) is 15.6 Å². The van der Waals surface area contributed by atoms with Crippen LogP contribution in [0.4, 0.5) is 0 Å². The van der Waals surface area contributed by atoms with Gasteiger partial charge in [-0.05, 0) is 38.1 Å². The fourth-order valence-corrected chi connectivity index (χ4v) is 3.09. The van der Waals surface area contributed by atoms with Gasteiger partial charge in [0.25, 0.3) is 5.91 Å². The van der Waals surface area contributed by atoms with Crippen LogP contribution in [0.5, 0.6) is 0 Å². The lowest BCUT2D eigenvalue weighted by molar-refractivity contribution is 0.0940. The summed E-state index contributed by atoms with van der Waals surface area (Å²) < 4.78 is 1.07. The van der Waals surface area contributed by atoms with Crippen LogP contribution in [0.1, 0.15) is 21.8 Å². The van der Waals surface area contributed by atoms with Crippen LogP contribution < -0.4 is 10.6 Å². The summed E-state index contributed by atoms with van der Waals surface area (Å²) in [6.45, 7) is 3.83. The molecule has 0 radical (unpaired) electrons. The zero-order valence-corrected chi connectivity index (χ0v) is 11.0. The maximum Gasteiger partial charge on any atom is 0.251 e. The Kier molecular flexibility index (Phi) is 3.01. The first kappa shape index (κ1) is 11.6. The predicted octanol–water partition coefficient (Wildman–Crippen LogP) is 1.70. The van der Waals surface area contributed by atoms with Gasteiger partial charge in [0.2, 0.25) is 0 Å². The molecule has 1 atom stereocenters. The molecule has 94 valence electrons. The number of carbonyl (C=O) groups is 1. The SMILES string of the molecule is Cc1nc2ccc(C(=O)N[C@@H]3CCNC3)cc2s1. The summed E-state index contributed by atoms with van der Waals surface area (Å²) in [5.74, 6) is 0.0108. The van der Waals surface area contributed by atoms with Crippen molar-refractivity contribution in [1.82, 2.24) is 15.6 Å². The van der Waals surface area contributed by atoms with E-state index in [4.69, 9.17) is 0 Å². The van der Waals surface area contributed by atoms with Gasteiger partial charge in [-0.1, -0.05) is 0 Å². The number of rotatable bonds is 2. The van der Waals surface area contributed by atoms with Crippen LogP contribution in [0.2, 0.25) is 0 Å². The lowest BCUT2D eigenvalue weighted by Crippen LogP contribution is -2.36. The second-order valence-electron chi connectivity index (χ2n) is 4.58. The molecule has 2 N–H and O–H groups in total. The number of benzene rings is 1. The van der Waals surface area contributed by atoms with Crippen LogP contribution >= 0.6 is 11.3 Å². The van der Waals surface area contributed by atoms with Crippen molar-refractivity contribution >= 4 is 27.5 Å². The van der Waals surface area contributed by atoms with Gasteiger partial charge in [0, 0.05) is 18.2 Å². The van der Waals surface area contributed by atoms with Gasteiger partial charge in [0.1, 0.15) is 0 Å². The van der Waals surface area contributed by atoms with E-state index in [0.717, 1.165) is 40.3 Å². The Morgan fingerprint density at radius 1 is 1.56 bits per heavy atom. The van der Waals surface area contributed by atoms with Crippen molar-refractivity contribution in [3.05, 3.63) is 28.8 Å². The molecule has 1 amide bonds. The van der Waals surface area contributed by atoms with Crippen LogP contribution in [-0.2, 0) is 0 Å². The predicted molar refractivity (Wildman–Crippen MR) is 73.1 cm³/mol. The van der Waals surface area contributed by atoms with Gasteiger partial charge >= 0.3 is 0 Å². The number of nitrogens with one attached hydrogen (secondary N) is 2. The monoisotopic (exact) mass is 261 g/mol. The average molecular weight is 261 g/mol. The van der Waals surface area contributed by atoms with Crippen LogP contribution in [0.25, 0.3) is 10.2 Å². The molecule has 0 unspecified atom stereocenters. The third-order valence-corrected chi connectivity index (χ3v) is 4.09. The zero-order valence-electron chi connectivity index (χ0n) is 10.2. The largest absolute Gasteiger partial charge is 0.348 e. The summed E-state index contributed by atoms with van der Waals surface area (Å²) in [6.07, 6.45) is 1.01. The standard InChI is InChI=1S/C13H15N3OS/c1-8-15-11-3-2-9(6-12(11)18-8)13(17)16-10-4-5-14-7-10/h2-3,6,10,14H,4-5,7H2,1H3,(H,16,17)/t10-/m1/s1. The highest BCUT2D eigenvalue weighted by molar-refractivity contribution is 7.18. The summed E-state index contributed by atoms with van der Waals surface area (Å²) in [7, 11) is 0. The lowest BCUT2D eigenvalue weighted by atomic mass is 10.2. The summed E-state index contributed by atoms with van der Waals surface area (Å²) in [6, 6.07) is 5.95. The number of amides is 1. The molecule has 3 rings (SSSR count). The Morgan fingerprint density at radius 3 is 3.22 bits per heavy atom. The Balaban J connectivity index is 1.81. The molecular formula is C13H15N3OS. The van der Waals surface area contributed by atoms with E-state index in [0.29, 0.717) is 0 Å². The maximum absolute atomic E-state index is 12.1. The topological polar surface area (TPSA) is 54.0 Å². The molecule has 0 spiro atoms. The van der Waals surface area contributed by atoms with E-state index in [-0.39, 0.29) is 11.9 Å². The first-order chi connectivity index (χ1) is 8.72. The fraction of sp³-hybridized carbons (Fsp3) is 0.385. The molecule has 0 saturated carbocycles. The van der Waals surface area contributed by atoms with Gasteiger partial charge < -0.3 is 10.6 Å². The molecule has 18 heavy (non-hydrogen) atoms. The molecule has 1 aliphatic rings. The Labute approximate surface area is 109 Å². The zero-order chi connectivity index (χ0) is 12.5. The Morgan fingerprint density at radius 2 is 2.44 bits per heavy atom. The first-order valence-corrected chi connectivity index (χ1v) is 6.93. The minimum absolute atomic E-state index is 0.0108. The van der Waals surface area contributed by atoms with Crippen LogP contribution in [-0.4, -0.2) is 30.0 Å². The fourth-order valence-electron chi connectivity index (χ4n) is 2.23. The normalized spacial score (nSPS) is 19.3. The minimum Gasteiger partial charge on any atom is -0.348 e. The molecule has 5 heteroatoms. The summed E-state index contributed by atoms with van der Waals surface area (Å²) in [5.41, 5.74) is 1.69. The van der Waals surface area contributed by atoms with Crippen molar-refractivity contribution in [1.29, 1.82) is 0 Å². The lowest BCUT2D eigenvalue weighted by Gasteiger charge is -2.11. The molecule has 2 heterocycles. The van der Waals surface area contributed by atoms with Crippen molar-refractivity contribution in [2.24, 2.45) is 0 Å². The van der Waals surface area contributed by atoms with Gasteiger partial charge in [0.15, 0.2) is 0 Å². The van der Waals surface area contributed by atoms with Crippen molar-refractivity contribution in [3.63, 3.8) is 0 Å². The van der Waals surface area contributed by atoms with E-state index >= 15 is 0 Å². The number of nitrogens with zero attached hydrogens (tertiary/aromatic N) is 1. The molecular weight excluding hydrogens is 246 g/mol. The van der Waals surface area contributed by atoms with Crippen molar-refractivity contribution < 1.29 is 4.79 Å². The highest BCUT2D eigenvalue weighted by Gasteiger charge is 2.17. The highest BCUT2D eigenvalue weighted by Crippen LogP contribution is 2.22. The third kappa shape index (κ3) is 2.23. The van der Waals surface area contributed by atoms with E-state index in [9.17, 15) is 4.79 Å². The smallest absolute Gasteiger partial charge is 0.251 e. The van der Waals surface area contributed by atoms with E-state index in [1.807, 2.05) is 25.1 Å². The number of aryl methyl sites for hydroxylation is 1. The first-order valence-electron chi connectivity index (χ1n) is 6.11. The maximum atomic E-state index is 12.1. The Hall–Kier alpha value is -1.46. The number of aromatic nitrogens is 1. The van der Waals surface area contributed by atoms with E-state index < -0.39 is 0 Å². The molecule has 0 bridgehead atoms. The third-order valence-electron chi connectivity index (χ3n) is 3.15.